The van der Waals surface area contributed by atoms with Gasteiger partial charge in [0.1, 0.15) is 17.0 Å². The maximum Gasteiger partial charge on any atom is 0.341 e. The average Bonchev–Trinajstić information content (AvgIpc) is 2.43. The fourth-order valence-corrected chi connectivity index (χ4v) is 1.77. The molecule has 0 atom stereocenters. The molecule has 6 heteroatoms. The van der Waals surface area contributed by atoms with Gasteiger partial charge in [-0.2, -0.15) is 0 Å². The zero-order chi connectivity index (χ0) is 15.4. The van der Waals surface area contributed by atoms with E-state index in [0.29, 0.717) is 12.2 Å². The molecule has 0 spiro atoms. The van der Waals surface area contributed by atoms with Gasteiger partial charge in [0.15, 0.2) is 0 Å². The molecule has 0 aliphatic rings. The van der Waals surface area contributed by atoms with Crippen molar-refractivity contribution in [3.05, 3.63) is 39.6 Å². The van der Waals surface area contributed by atoms with Gasteiger partial charge in [-0.1, -0.05) is 13.8 Å². The highest BCUT2D eigenvalue weighted by Gasteiger charge is 2.16. The number of halogens is 1. The molecular formula is C14H17FN2O3. The van der Waals surface area contributed by atoms with Gasteiger partial charge < -0.3 is 9.67 Å². The fourth-order valence-electron chi connectivity index (χ4n) is 1.77. The molecule has 2 heterocycles. The highest BCUT2D eigenvalue weighted by molar-refractivity contribution is 5.91. The summed E-state index contributed by atoms with van der Waals surface area (Å²) in [6.07, 6.45) is 1.23. The molecule has 0 aliphatic carbocycles. The first-order chi connectivity index (χ1) is 9.45. The third-order valence-corrected chi connectivity index (χ3v) is 2.75. The number of pyridine rings is 2. The predicted molar refractivity (Wildman–Crippen MR) is 74.7 cm³/mol. The maximum atomic E-state index is 13.4. The van der Waals surface area contributed by atoms with Gasteiger partial charge in [-0.25, -0.2) is 14.2 Å². The standard InChI is InChI=1S/C12H11FN2O3.C2H6/c1-3-15-5-8(12(17)18)10(16)7-4-9(13)6(2)14-11(7)15;1-2/h4-5H,3H2,1-2H3,(H,17,18);1-2H3. The minimum absolute atomic E-state index is 0.0140. The number of hydrogen-bond donors (Lipinski definition) is 1. The summed E-state index contributed by atoms with van der Waals surface area (Å²) in [6.45, 7) is 7.72. The minimum Gasteiger partial charge on any atom is -0.477 e. The van der Waals surface area contributed by atoms with E-state index >= 15 is 0 Å². The summed E-state index contributed by atoms with van der Waals surface area (Å²) in [5, 5.41) is 8.93. The summed E-state index contributed by atoms with van der Waals surface area (Å²) >= 11 is 0. The minimum atomic E-state index is -1.33. The van der Waals surface area contributed by atoms with Crippen molar-refractivity contribution in [1.29, 1.82) is 0 Å². The van der Waals surface area contributed by atoms with Crippen LogP contribution in [0.25, 0.3) is 11.0 Å². The van der Waals surface area contributed by atoms with Gasteiger partial charge in [0.05, 0.1) is 11.1 Å². The zero-order valence-corrected chi connectivity index (χ0v) is 11.9. The van der Waals surface area contributed by atoms with E-state index in [1.807, 2.05) is 13.8 Å². The number of carboxylic acids is 1. The first-order valence-electron chi connectivity index (χ1n) is 6.39. The quantitative estimate of drug-likeness (QED) is 0.917. The van der Waals surface area contributed by atoms with E-state index in [2.05, 4.69) is 4.98 Å². The molecule has 2 aromatic heterocycles. The van der Waals surface area contributed by atoms with Crippen LogP contribution in [0.3, 0.4) is 0 Å². The second-order valence-electron chi connectivity index (χ2n) is 3.89. The summed E-state index contributed by atoms with van der Waals surface area (Å²) in [5.41, 5.74) is -0.624. The SMILES string of the molecule is CC.CCn1cc(C(=O)O)c(=O)c2cc(F)c(C)nc21. The Morgan fingerprint density at radius 3 is 2.55 bits per heavy atom. The number of aromatic nitrogens is 2. The van der Waals surface area contributed by atoms with Crippen LogP contribution in [0.1, 0.15) is 36.8 Å². The Hall–Kier alpha value is -2.24. The molecule has 1 N–H and O–H groups in total. The third kappa shape index (κ3) is 2.68. The molecule has 0 radical (unpaired) electrons. The molecule has 0 saturated heterocycles. The summed E-state index contributed by atoms with van der Waals surface area (Å²) in [7, 11) is 0. The zero-order valence-electron chi connectivity index (χ0n) is 11.9. The summed E-state index contributed by atoms with van der Waals surface area (Å²) in [4.78, 5) is 26.9. The van der Waals surface area contributed by atoms with Gasteiger partial charge in [-0.15, -0.1) is 0 Å². The lowest BCUT2D eigenvalue weighted by molar-refractivity contribution is 0.0695. The Bertz CT molecular complexity index is 708. The number of carboxylic acid groups (broad SMARTS) is 1. The van der Waals surface area contributed by atoms with Gasteiger partial charge in [0.25, 0.3) is 0 Å². The number of rotatable bonds is 2. The van der Waals surface area contributed by atoms with Crippen molar-refractivity contribution in [3.63, 3.8) is 0 Å². The molecule has 108 valence electrons. The third-order valence-electron chi connectivity index (χ3n) is 2.75. The van der Waals surface area contributed by atoms with Crippen LogP contribution < -0.4 is 5.43 Å². The Kier molecular flexibility index (Phi) is 4.96. The lowest BCUT2D eigenvalue weighted by Gasteiger charge is -2.09. The van der Waals surface area contributed by atoms with Gasteiger partial charge in [-0.05, 0) is 19.9 Å². The van der Waals surface area contributed by atoms with Crippen LogP contribution >= 0.6 is 0 Å². The Balaban J connectivity index is 0.000000956. The molecule has 0 fully saturated rings. The van der Waals surface area contributed by atoms with E-state index < -0.39 is 17.2 Å². The van der Waals surface area contributed by atoms with Crippen molar-refractivity contribution < 1.29 is 14.3 Å². The van der Waals surface area contributed by atoms with Gasteiger partial charge in [-0.3, -0.25) is 4.79 Å². The molecule has 0 amide bonds. The second kappa shape index (κ2) is 6.27. The molecule has 0 saturated carbocycles. The molecule has 0 bridgehead atoms. The smallest absolute Gasteiger partial charge is 0.341 e. The number of hydrogen-bond acceptors (Lipinski definition) is 3. The summed E-state index contributed by atoms with van der Waals surface area (Å²) in [6, 6.07) is 1.04. The molecule has 0 aromatic carbocycles. The van der Waals surface area contributed by atoms with Crippen LogP contribution in [0.5, 0.6) is 0 Å². The first kappa shape index (κ1) is 15.8. The predicted octanol–water partition coefficient (Wildman–Crippen LogP) is 2.59. The molecule has 2 rings (SSSR count). The number of carbonyl (C=O) groups is 1. The Labute approximate surface area is 115 Å². The van der Waals surface area contributed by atoms with Crippen molar-refractivity contribution in [2.75, 3.05) is 0 Å². The van der Waals surface area contributed by atoms with Crippen LogP contribution in [-0.4, -0.2) is 20.6 Å². The van der Waals surface area contributed by atoms with Crippen LogP contribution in [0.2, 0.25) is 0 Å². The maximum absolute atomic E-state index is 13.4. The molecular weight excluding hydrogens is 263 g/mol. The van der Waals surface area contributed by atoms with Crippen molar-refractivity contribution in [3.8, 4) is 0 Å². The monoisotopic (exact) mass is 280 g/mol. The van der Waals surface area contributed by atoms with Crippen LogP contribution in [0.15, 0.2) is 17.1 Å². The van der Waals surface area contributed by atoms with Crippen molar-refractivity contribution >= 4 is 17.0 Å². The number of fused-ring (bicyclic) bond motifs is 1. The van der Waals surface area contributed by atoms with Crippen LogP contribution in [-0.2, 0) is 6.54 Å². The van der Waals surface area contributed by atoms with E-state index in [4.69, 9.17) is 5.11 Å². The Morgan fingerprint density at radius 1 is 1.45 bits per heavy atom. The molecule has 0 aliphatic heterocycles. The molecule has 20 heavy (non-hydrogen) atoms. The fraction of sp³-hybridized carbons (Fsp3) is 0.357. The number of aryl methyl sites for hydroxylation is 2. The number of aromatic carboxylic acids is 1. The van der Waals surface area contributed by atoms with Crippen molar-refractivity contribution in [2.24, 2.45) is 0 Å². The van der Waals surface area contributed by atoms with E-state index in [0.717, 1.165) is 6.07 Å². The molecule has 2 aromatic rings. The molecule has 0 unspecified atom stereocenters. The number of nitrogens with zero attached hydrogens (tertiary/aromatic N) is 2. The van der Waals surface area contributed by atoms with E-state index in [-0.39, 0.29) is 16.6 Å². The lowest BCUT2D eigenvalue weighted by atomic mass is 10.2. The normalized spacial score (nSPS) is 10.1. The van der Waals surface area contributed by atoms with Crippen molar-refractivity contribution in [2.45, 2.75) is 34.2 Å². The first-order valence-corrected chi connectivity index (χ1v) is 6.39. The van der Waals surface area contributed by atoms with E-state index in [9.17, 15) is 14.0 Å². The van der Waals surface area contributed by atoms with Crippen molar-refractivity contribution in [1.82, 2.24) is 9.55 Å². The lowest BCUT2D eigenvalue weighted by Crippen LogP contribution is -2.19. The van der Waals surface area contributed by atoms with E-state index in [1.165, 1.54) is 17.7 Å². The van der Waals surface area contributed by atoms with Gasteiger partial charge in [0, 0.05) is 12.7 Å². The summed E-state index contributed by atoms with van der Waals surface area (Å²) in [5.74, 6) is -1.95. The van der Waals surface area contributed by atoms with Crippen LogP contribution in [0, 0.1) is 12.7 Å². The highest BCUT2D eigenvalue weighted by Crippen LogP contribution is 2.14. The second-order valence-corrected chi connectivity index (χ2v) is 3.89. The van der Waals surface area contributed by atoms with E-state index in [1.54, 1.807) is 6.92 Å². The molecule has 5 nitrogen and oxygen atoms in total. The highest BCUT2D eigenvalue weighted by atomic mass is 19.1. The summed E-state index contributed by atoms with van der Waals surface area (Å²) < 4.78 is 15.0. The average molecular weight is 280 g/mol. The van der Waals surface area contributed by atoms with Gasteiger partial charge in [0.2, 0.25) is 5.43 Å². The van der Waals surface area contributed by atoms with Gasteiger partial charge >= 0.3 is 5.97 Å². The topological polar surface area (TPSA) is 72.2 Å². The largest absolute Gasteiger partial charge is 0.477 e. The Morgan fingerprint density at radius 2 is 2.05 bits per heavy atom. The van der Waals surface area contributed by atoms with Crippen LogP contribution in [0.4, 0.5) is 4.39 Å².